The van der Waals surface area contributed by atoms with Gasteiger partial charge in [0.25, 0.3) is 0 Å². The maximum atomic E-state index is 4.77. The van der Waals surface area contributed by atoms with Crippen molar-refractivity contribution >= 4 is 11.3 Å². The minimum absolute atomic E-state index is 0.764. The molecular weight excluding hydrogens is 216 g/mol. The lowest BCUT2D eigenvalue weighted by Crippen LogP contribution is -2.16. The third-order valence-corrected chi connectivity index (χ3v) is 4.98. The van der Waals surface area contributed by atoms with Crippen LogP contribution in [-0.2, 0) is 19.4 Å². The van der Waals surface area contributed by atoms with E-state index in [9.17, 15) is 0 Å². The number of fused-ring (bicyclic) bond motifs is 1. The molecule has 0 radical (unpaired) electrons. The van der Waals surface area contributed by atoms with Crippen LogP contribution in [0.25, 0.3) is 0 Å². The smallest absolute Gasteiger partial charge is 0.107 e. The van der Waals surface area contributed by atoms with E-state index in [2.05, 4.69) is 19.2 Å². The number of rotatable bonds is 3. The molecule has 1 N–H and O–H groups in total. The van der Waals surface area contributed by atoms with Gasteiger partial charge in [0, 0.05) is 17.5 Å². The van der Waals surface area contributed by atoms with Crippen molar-refractivity contribution < 1.29 is 0 Å². The second-order valence-electron chi connectivity index (χ2n) is 5.53. The van der Waals surface area contributed by atoms with E-state index in [1.54, 1.807) is 4.88 Å². The maximum Gasteiger partial charge on any atom is 0.107 e. The predicted molar refractivity (Wildman–Crippen MR) is 67.7 cm³/mol. The van der Waals surface area contributed by atoms with Gasteiger partial charge < -0.3 is 5.32 Å². The average molecular weight is 236 g/mol. The Balaban J connectivity index is 1.63. The summed E-state index contributed by atoms with van der Waals surface area (Å²) in [5.41, 5.74) is 1.39. The summed E-state index contributed by atoms with van der Waals surface area (Å²) in [5.74, 6) is 1.74. The van der Waals surface area contributed by atoms with E-state index in [0.717, 1.165) is 24.4 Å². The van der Waals surface area contributed by atoms with Gasteiger partial charge in [-0.25, -0.2) is 4.98 Å². The summed E-state index contributed by atoms with van der Waals surface area (Å²) in [4.78, 5) is 6.32. The molecule has 3 rings (SSSR count). The van der Waals surface area contributed by atoms with Crippen LogP contribution in [0.5, 0.6) is 0 Å². The lowest BCUT2D eigenvalue weighted by molar-refractivity contribution is 0.501. The molecule has 0 spiro atoms. The fourth-order valence-corrected chi connectivity index (χ4v) is 3.72. The van der Waals surface area contributed by atoms with Crippen LogP contribution >= 0.6 is 11.3 Å². The van der Waals surface area contributed by atoms with Crippen molar-refractivity contribution in [2.75, 3.05) is 0 Å². The molecular formula is C13H20N2S. The third kappa shape index (κ3) is 2.16. The van der Waals surface area contributed by atoms with Gasteiger partial charge in [-0.1, -0.05) is 13.8 Å². The van der Waals surface area contributed by atoms with E-state index in [1.165, 1.54) is 36.4 Å². The molecule has 2 aliphatic rings. The largest absolute Gasteiger partial charge is 0.307 e. The van der Waals surface area contributed by atoms with Crippen LogP contribution in [0.4, 0.5) is 0 Å². The van der Waals surface area contributed by atoms with Crippen molar-refractivity contribution in [3.8, 4) is 0 Å². The second kappa shape index (κ2) is 4.11. The van der Waals surface area contributed by atoms with Gasteiger partial charge in [-0.05, 0) is 37.5 Å². The highest BCUT2D eigenvalue weighted by Gasteiger charge is 2.32. The summed E-state index contributed by atoms with van der Waals surface area (Å²) in [5, 5.41) is 4.89. The minimum atomic E-state index is 0.764. The van der Waals surface area contributed by atoms with Crippen molar-refractivity contribution in [2.24, 2.45) is 11.8 Å². The van der Waals surface area contributed by atoms with E-state index in [1.807, 2.05) is 11.3 Å². The van der Waals surface area contributed by atoms with Gasteiger partial charge in [0.1, 0.15) is 5.01 Å². The molecule has 1 aromatic heterocycles. The first kappa shape index (κ1) is 10.7. The quantitative estimate of drug-likeness (QED) is 0.873. The van der Waals surface area contributed by atoms with Crippen molar-refractivity contribution in [3.63, 3.8) is 0 Å². The Morgan fingerprint density at radius 2 is 2.25 bits per heavy atom. The standard InChI is InChI=1S/C13H20N2S/c1-8-3-4-10-12(5-8)16-13(15-10)7-14-11-6-9(11)2/h8-9,11,14H,3-7H2,1-2H3. The summed E-state index contributed by atoms with van der Waals surface area (Å²) < 4.78 is 0. The van der Waals surface area contributed by atoms with Crippen LogP contribution in [0.2, 0.25) is 0 Å². The van der Waals surface area contributed by atoms with E-state index in [0.29, 0.717) is 0 Å². The molecule has 1 fully saturated rings. The molecule has 2 aliphatic carbocycles. The van der Waals surface area contributed by atoms with Crippen molar-refractivity contribution in [1.29, 1.82) is 0 Å². The molecule has 16 heavy (non-hydrogen) atoms. The number of nitrogens with one attached hydrogen (secondary N) is 1. The molecule has 0 aromatic carbocycles. The molecule has 1 aromatic rings. The molecule has 3 heteroatoms. The number of hydrogen-bond donors (Lipinski definition) is 1. The van der Waals surface area contributed by atoms with E-state index < -0.39 is 0 Å². The van der Waals surface area contributed by atoms with Gasteiger partial charge >= 0.3 is 0 Å². The van der Waals surface area contributed by atoms with Gasteiger partial charge in [-0.2, -0.15) is 0 Å². The Labute approximate surface area is 101 Å². The van der Waals surface area contributed by atoms with Crippen LogP contribution in [0.1, 0.15) is 42.3 Å². The molecule has 0 aliphatic heterocycles. The van der Waals surface area contributed by atoms with E-state index in [-0.39, 0.29) is 0 Å². The summed E-state index contributed by atoms with van der Waals surface area (Å²) in [6.45, 7) is 5.65. The van der Waals surface area contributed by atoms with Crippen molar-refractivity contribution in [1.82, 2.24) is 10.3 Å². The summed E-state index contributed by atoms with van der Waals surface area (Å²) in [6, 6.07) is 0.764. The van der Waals surface area contributed by atoms with Crippen molar-refractivity contribution in [2.45, 2.75) is 52.1 Å². The van der Waals surface area contributed by atoms with Gasteiger partial charge in [-0.15, -0.1) is 11.3 Å². The van der Waals surface area contributed by atoms with Crippen LogP contribution < -0.4 is 5.32 Å². The first-order chi connectivity index (χ1) is 7.72. The van der Waals surface area contributed by atoms with Crippen LogP contribution in [-0.4, -0.2) is 11.0 Å². The molecule has 2 nitrogen and oxygen atoms in total. The Bertz CT molecular complexity index is 385. The first-order valence-electron chi connectivity index (χ1n) is 6.43. The number of hydrogen-bond acceptors (Lipinski definition) is 3. The Morgan fingerprint density at radius 1 is 1.44 bits per heavy atom. The number of aromatic nitrogens is 1. The Hall–Kier alpha value is -0.410. The lowest BCUT2D eigenvalue weighted by atomic mass is 9.93. The minimum Gasteiger partial charge on any atom is -0.307 e. The Kier molecular flexibility index (Phi) is 2.76. The number of thiazole rings is 1. The number of nitrogens with zero attached hydrogens (tertiary/aromatic N) is 1. The molecule has 3 unspecified atom stereocenters. The van der Waals surface area contributed by atoms with Gasteiger partial charge in [0.05, 0.1) is 5.69 Å². The monoisotopic (exact) mass is 236 g/mol. The lowest BCUT2D eigenvalue weighted by Gasteiger charge is -2.15. The molecule has 3 atom stereocenters. The molecule has 0 saturated heterocycles. The van der Waals surface area contributed by atoms with Gasteiger partial charge in [-0.3, -0.25) is 0 Å². The molecule has 88 valence electrons. The fourth-order valence-electron chi connectivity index (χ4n) is 2.49. The van der Waals surface area contributed by atoms with E-state index in [4.69, 9.17) is 4.98 Å². The van der Waals surface area contributed by atoms with Gasteiger partial charge in [0.15, 0.2) is 0 Å². The Morgan fingerprint density at radius 3 is 3.00 bits per heavy atom. The summed E-state index contributed by atoms with van der Waals surface area (Å²) >= 11 is 1.94. The zero-order chi connectivity index (χ0) is 11.1. The van der Waals surface area contributed by atoms with Crippen LogP contribution in [0, 0.1) is 11.8 Å². The third-order valence-electron chi connectivity index (χ3n) is 3.86. The van der Waals surface area contributed by atoms with Crippen LogP contribution in [0.3, 0.4) is 0 Å². The molecule has 1 heterocycles. The second-order valence-corrected chi connectivity index (χ2v) is 6.69. The average Bonchev–Trinajstić information content (AvgIpc) is 2.81. The number of aryl methyl sites for hydroxylation is 1. The molecule has 0 amide bonds. The highest BCUT2D eigenvalue weighted by molar-refractivity contribution is 7.11. The summed E-state index contributed by atoms with van der Waals surface area (Å²) in [7, 11) is 0. The highest BCUT2D eigenvalue weighted by atomic mass is 32.1. The predicted octanol–water partition coefficient (Wildman–Crippen LogP) is 2.77. The molecule has 1 saturated carbocycles. The zero-order valence-corrected chi connectivity index (χ0v) is 10.9. The summed E-state index contributed by atoms with van der Waals surface area (Å²) in [6.07, 6.45) is 5.13. The SMILES string of the molecule is CC1CCc2nc(CNC3CC3C)sc2C1. The van der Waals surface area contributed by atoms with Gasteiger partial charge in [0.2, 0.25) is 0 Å². The van der Waals surface area contributed by atoms with Crippen LogP contribution in [0.15, 0.2) is 0 Å². The highest BCUT2D eigenvalue weighted by Crippen LogP contribution is 2.32. The zero-order valence-electron chi connectivity index (χ0n) is 10.1. The van der Waals surface area contributed by atoms with Crippen molar-refractivity contribution in [3.05, 3.63) is 15.6 Å². The first-order valence-corrected chi connectivity index (χ1v) is 7.25. The molecule has 0 bridgehead atoms. The van der Waals surface area contributed by atoms with E-state index >= 15 is 0 Å². The fraction of sp³-hybridized carbons (Fsp3) is 0.769. The topological polar surface area (TPSA) is 24.9 Å². The maximum absolute atomic E-state index is 4.77. The normalized spacial score (nSPS) is 32.5.